The molecule has 1 unspecified atom stereocenters. The van der Waals surface area contributed by atoms with Crippen molar-refractivity contribution in [2.24, 2.45) is 0 Å². The molecule has 3 fully saturated rings. The number of rotatable bonds is 4. The van der Waals surface area contributed by atoms with Crippen LogP contribution in [0.25, 0.3) is 0 Å². The summed E-state index contributed by atoms with van der Waals surface area (Å²) in [7, 11) is -2.58. The first-order valence-corrected chi connectivity index (χ1v) is 11.0. The first kappa shape index (κ1) is 20.0. The molecule has 1 atom stereocenters. The van der Waals surface area contributed by atoms with Crippen molar-refractivity contribution in [3.05, 3.63) is 18.1 Å². The van der Waals surface area contributed by atoms with E-state index in [0.717, 1.165) is 45.0 Å². The van der Waals surface area contributed by atoms with E-state index >= 15 is 0 Å². The number of methoxy groups -OCH3 is 1. The molecule has 0 saturated carbocycles. The third-order valence-electron chi connectivity index (χ3n) is 6.01. The molecule has 0 amide bonds. The number of ether oxygens (including phenoxy) is 3. The second kappa shape index (κ2) is 7.83. The molecule has 3 saturated heterocycles. The van der Waals surface area contributed by atoms with Gasteiger partial charge in [0.1, 0.15) is 4.90 Å². The number of morpholine rings is 1. The molecule has 1 spiro atoms. The van der Waals surface area contributed by atoms with E-state index in [9.17, 15) is 12.8 Å². The minimum Gasteiger partial charge on any atom is -0.481 e. The first-order chi connectivity index (χ1) is 13.4. The van der Waals surface area contributed by atoms with Gasteiger partial charge >= 0.3 is 0 Å². The van der Waals surface area contributed by atoms with Crippen molar-refractivity contribution in [3.63, 3.8) is 0 Å². The highest BCUT2D eigenvalue weighted by molar-refractivity contribution is 7.89. The van der Waals surface area contributed by atoms with Crippen LogP contribution in [-0.2, 0) is 19.5 Å². The Balaban J connectivity index is 1.42. The first-order valence-electron chi connectivity index (χ1n) is 9.59. The molecule has 4 heterocycles. The highest BCUT2D eigenvalue weighted by atomic mass is 32.2. The van der Waals surface area contributed by atoms with Crippen LogP contribution >= 0.6 is 0 Å². The minimum atomic E-state index is -3.95. The van der Waals surface area contributed by atoms with Crippen LogP contribution in [0.5, 0.6) is 5.88 Å². The van der Waals surface area contributed by atoms with Crippen LogP contribution in [0.2, 0.25) is 0 Å². The highest BCUT2D eigenvalue weighted by Crippen LogP contribution is 2.39. The lowest BCUT2D eigenvalue weighted by molar-refractivity contribution is -0.0328. The van der Waals surface area contributed by atoms with Crippen LogP contribution in [0.4, 0.5) is 4.39 Å². The molecule has 3 aliphatic rings. The van der Waals surface area contributed by atoms with E-state index < -0.39 is 20.7 Å². The Morgan fingerprint density at radius 1 is 1.25 bits per heavy atom. The van der Waals surface area contributed by atoms with E-state index in [1.54, 1.807) is 0 Å². The number of aromatic nitrogens is 1. The third-order valence-corrected chi connectivity index (χ3v) is 7.92. The zero-order chi connectivity index (χ0) is 19.8. The molecule has 0 N–H and O–H groups in total. The van der Waals surface area contributed by atoms with Crippen molar-refractivity contribution in [3.8, 4) is 5.88 Å². The van der Waals surface area contributed by atoms with E-state index in [1.165, 1.54) is 11.4 Å². The van der Waals surface area contributed by atoms with Gasteiger partial charge < -0.3 is 14.2 Å². The van der Waals surface area contributed by atoms with Crippen molar-refractivity contribution in [1.82, 2.24) is 14.2 Å². The highest BCUT2D eigenvalue weighted by Gasteiger charge is 2.46. The van der Waals surface area contributed by atoms with Crippen LogP contribution in [0.15, 0.2) is 17.2 Å². The molecule has 4 rings (SSSR count). The molecule has 156 valence electrons. The van der Waals surface area contributed by atoms with Gasteiger partial charge in [0, 0.05) is 38.3 Å². The molecule has 0 aromatic carbocycles. The summed E-state index contributed by atoms with van der Waals surface area (Å²) < 4.78 is 57.9. The average molecular weight is 415 g/mol. The molecule has 0 bridgehead atoms. The quantitative estimate of drug-likeness (QED) is 0.722. The Hall–Kier alpha value is -1.33. The summed E-state index contributed by atoms with van der Waals surface area (Å²) in [5.74, 6) is -0.800. The van der Waals surface area contributed by atoms with Crippen LogP contribution in [-0.4, -0.2) is 87.4 Å². The third kappa shape index (κ3) is 3.76. The SMILES string of the molecule is COc1cc(S(=O)(=O)N2CCC3(CC2)CC(N2CCOCC2)CO3)c(F)cn1. The lowest BCUT2D eigenvalue weighted by Crippen LogP contribution is -2.48. The van der Waals surface area contributed by atoms with Gasteiger partial charge in [-0.3, -0.25) is 4.90 Å². The molecular weight excluding hydrogens is 389 g/mol. The Morgan fingerprint density at radius 2 is 1.96 bits per heavy atom. The second-order valence-electron chi connectivity index (χ2n) is 7.56. The van der Waals surface area contributed by atoms with Crippen LogP contribution in [0.3, 0.4) is 0 Å². The van der Waals surface area contributed by atoms with Crippen LogP contribution in [0.1, 0.15) is 19.3 Å². The molecule has 1 aromatic heterocycles. The fraction of sp³-hybridized carbons (Fsp3) is 0.722. The predicted octanol–water partition coefficient (Wildman–Crippen LogP) is 0.874. The average Bonchev–Trinajstić information content (AvgIpc) is 3.13. The smallest absolute Gasteiger partial charge is 0.246 e. The Bertz CT molecular complexity index is 807. The molecule has 0 radical (unpaired) electrons. The number of hydrogen-bond donors (Lipinski definition) is 0. The molecule has 0 aliphatic carbocycles. The molecular formula is C18H26FN3O5S. The van der Waals surface area contributed by atoms with Crippen LogP contribution in [0, 0.1) is 5.82 Å². The summed E-state index contributed by atoms with van der Waals surface area (Å²) in [4.78, 5) is 5.72. The molecule has 3 aliphatic heterocycles. The van der Waals surface area contributed by atoms with Gasteiger partial charge in [0.2, 0.25) is 15.9 Å². The monoisotopic (exact) mass is 415 g/mol. The summed E-state index contributed by atoms with van der Waals surface area (Å²) in [5.41, 5.74) is -0.288. The Morgan fingerprint density at radius 3 is 2.64 bits per heavy atom. The number of nitrogens with zero attached hydrogens (tertiary/aromatic N) is 3. The van der Waals surface area contributed by atoms with Gasteiger partial charge in [-0.1, -0.05) is 0 Å². The number of hydrogen-bond acceptors (Lipinski definition) is 7. The summed E-state index contributed by atoms with van der Waals surface area (Å²) in [5, 5.41) is 0. The van der Waals surface area contributed by atoms with Crippen LogP contribution < -0.4 is 4.74 Å². The topological polar surface area (TPSA) is 81.2 Å². The fourth-order valence-electron chi connectivity index (χ4n) is 4.33. The number of piperidine rings is 1. The van der Waals surface area contributed by atoms with Crippen molar-refractivity contribution in [2.45, 2.75) is 35.8 Å². The van der Waals surface area contributed by atoms with E-state index in [1.807, 2.05) is 0 Å². The van der Waals surface area contributed by atoms with Gasteiger partial charge in [-0.15, -0.1) is 0 Å². The molecule has 10 heteroatoms. The summed E-state index contributed by atoms with van der Waals surface area (Å²) in [6, 6.07) is 1.49. The summed E-state index contributed by atoms with van der Waals surface area (Å²) in [6.45, 7) is 4.60. The van der Waals surface area contributed by atoms with E-state index in [0.29, 0.717) is 38.6 Å². The second-order valence-corrected chi connectivity index (χ2v) is 9.47. The number of sulfonamides is 1. The largest absolute Gasteiger partial charge is 0.481 e. The maximum Gasteiger partial charge on any atom is 0.246 e. The standard InChI is InChI=1S/C18H26FN3O5S/c1-25-17-10-16(15(19)12-20-17)28(23,24)22-4-2-18(3-5-22)11-14(13-27-18)21-6-8-26-9-7-21/h10,12,14H,2-9,11,13H2,1H3. The van der Waals surface area contributed by atoms with Gasteiger partial charge in [0.25, 0.3) is 0 Å². The van der Waals surface area contributed by atoms with Gasteiger partial charge in [-0.25, -0.2) is 17.8 Å². The van der Waals surface area contributed by atoms with Gasteiger partial charge in [0.15, 0.2) is 5.82 Å². The van der Waals surface area contributed by atoms with E-state index in [-0.39, 0.29) is 11.5 Å². The number of halogens is 1. The maximum absolute atomic E-state index is 14.1. The van der Waals surface area contributed by atoms with Crippen molar-refractivity contribution >= 4 is 10.0 Å². The van der Waals surface area contributed by atoms with Gasteiger partial charge in [-0.05, 0) is 19.3 Å². The molecule has 8 nitrogen and oxygen atoms in total. The predicted molar refractivity (Wildman–Crippen MR) is 98.2 cm³/mol. The molecule has 28 heavy (non-hydrogen) atoms. The normalized spacial score (nSPS) is 26.6. The minimum absolute atomic E-state index is 0.0703. The lowest BCUT2D eigenvalue weighted by Gasteiger charge is -2.38. The van der Waals surface area contributed by atoms with Gasteiger partial charge in [0.05, 0.1) is 38.7 Å². The summed E-state index contributed by atoms with van der Waals surface area (Å²) >= 11 is 0. The molecule has 1 aromatic rings. The van der Waals surface area contributed by atoms with E-state index in [4.69, 9.17) is 14.2 Å². The fourth-order valence-corrected chi connectivity index (χ4v) is 5.82. The van der Waals surface area contributed by atoms with Gasteiger partial charge in [-0.2, -0.15) is 4.31 Å². The Kier molecular flexibility index (Phi) is 5.58. The van der Waals surface area contributed by atoms with Crippen molar-refractivity contribution in [2.75, 3.05) is 53.1 Å². The zero-order valence-electron chi connectivity index (χ0n) is 16.0. The zero-order valence-corrected chi connectivity index (χ0v) is 16.8. The number of pyridine rings is 1. The summed E-state index contributed by atoms with van der Waals surface area (Å²) in [6.07, 6.45) is 3.00. The van der Waals surface area contributed by atoms with E-state index in [2.05, 4.69) is 9.88 Å². The Labute approximate surface area is 164 Å². The lowest BCUT2D eigenvalue weighted by atomic mass is 9.88. The van der Waals surface area contributed by atoms with Crippen molar-refractivity contribution in [1.29, 1.82) is 0 Å². The maximum atomic E-state index is 14.1. The van der Waals surface area contributed by atoms with Crippen molar-refractivity contribution < 1.29 is 27.0 Å².